The van der Waals surface area contributed by atoms with E-state index in [4.69, 9.17) is 4.74 Å². The predicted molar refractivity (Wildman–Crippen MR) is 79.0 cm³/mol. The third-order valence-corrected chi connectivity index (χ3v) is 3.53. The number of rotatable bonds is 4. The zero-order valence-electron chi connectivity index (χ0n) is 11.6. The number of nitrogens with one attached hydrogen (secondary N) is 1. The van der Waals surface area contributed by atoms with Gasteiger partial charge in [0, 0.05) is 11.1 Å². The minimum Gasteiger partial charge on any atom is -0.449 e. The van der Waals surface area contributed by atoms with Gasteiger partial charge in [0.05, 0.1) is 5.56 Å². The normalized spacial score (nSPS) is 11.8. The van der Waals surface area contributed by atoms with Crippen LogP contribution >= 0.6 is 11.3 Å². The van der Waals surface area contributed by atoms with E-state index in [1.807, 2.05) is 0 Å². The molecule has 1 aromatic heterocycles. The van der Waals surface area contributed by atoms with Crippen LogP contribution in [0.5, 0.6) is 0 Å². The molecule has 1 N–H and O–H groups in total. The molecule has 1 heterocycles. The van der Waals surface area contributed by atoms with Crippen LogP contribution in [-0.4, -0.2) is 18.0 Å². The zero-order chi connectivity index (χ0) is 15.4. The first-order chi connectivity index (χ1) is 9.97. The molecular weight excluding hydrogens is 293 g/mol. The Morgan fingerprint density at radius 2 is 2.10 bits per heavy atom. The van der Waals surface area contributed by atoms with E-state index < -0.39 is 23.8 Å². The molecule has 0 fully saturated rings. The van der Waals surface area contributed by atoms with Gasteiger partial charge in [-0.15, -0.1) is 0 Å². The molecule has 0 aliphatic rings. The van der Waals surface area contributed by atoms with Crippen molar-refractivity contribution in [1.82, 2.24) is 0 Å². The van der Waals surface area contributed by atoms with Crippen molar-refractivity contribution in [2.24, 2.45) is 0 Å². The van der Waals surface area contributed by atoms with Gasteiger partial charge in [-0.2, -0.15) is 11.3 Å². The zero-order valence-corrected chi connectivity index (χ0v) is 12.4. The largest absolute Gasteiger partial charge is 0.449 e. The summed E-state index contributed by atoms with van der Waals surface area (Å²) < 4.78 is 18.4. The molecule has 1 atom stereocenters. The van der Waals surface area contributed by atoms with Crippen molar-refractivity contribution < 1.29 is 18.7 Å². The summed E-state index contributed by atoms with van der Waals surface area (Å²) >= 11 is 1.37. The highest BCUT2D eigenvalue weighted by Gasteiger charge is 2.19. The smallest absolute Gasteiger partial charge is 0.339 e. The maximum Gasteiger partial charge on any atom is 0.339 e. The SMILES string of the molecule is Cc1ccc(NC(=O)[C@@H](C)OC(=O)c2ccsc2)cc1F. The van der Waals surface area contributed by atoms with Gasteiger partial charge in [0.25, 0.3) is 5.91 Å². The number of hydrogen-bond acceptors (Lipinski definition) is 4. The number of halogens is 1. The van der Waals surface area contributed by atoms with Gasteiger partial charge in [-0.05, 0) is 43.0 Å². The summed E-state index contributed by atoms with van der Waals surface area (Å²) in [6.07, 6.45) is -0.971. The quantitative estimate of drug-likeness (QED) is 0.881. The number of carbonyl (C=O) groups excluding carboxylic acids is 2. The predicted octanol–water partition coefficient (Wildman–Crippen LogP) is 3.38. The second kappa shape index (κ2) is 6.49. The molecule has 4 nitrogen and oxygen atoms in total. The fourth-order valence-electron chi connectivity index (χ4n) is 1.58. The number of thiophene rings is 1. The van der Waals surface area contributed by atoms with Crippen molar-refractivity contribution in [3.05, 3.63) is 52.0 Å². The summed E-state index contributed by atoms with van der Waals surface area (Å²) in [6.45, 7) is 3.09. The molecule has 0 bridgehead atoms. The summed E-state index contributed by atoms with van der Waals surface area (Å²) in [5.41, 5.74) is 1.22. The Hall–Kier alpha value is -2.21. The molecule has 0 saturated carbocycles. The summed E-state index contributed by atoms with van der Waals surface area (Å²) in [4.78, 5) is 23.6. The minimum absolute atomic E-state index is 0.321. The molecule has 0 saturated heterocycles. The molecule has 110 valence electrons. The molecule has 1 aromatic carbocycles. The van der Waals surface area contributed by atoms with Gasteiger partial charge in [-0.25, -0.2) is 9.18 Å². The number of ether oxygens (including phenoxy) is 1. The van der Waals surface area contributed by atoms with Crippen molar-refractivity contribution in [3.63, 3.8) is 0 Å². The molecule has 2 aromatic rings. The highest BCUT2D eigenvalue weighted by molar-refractivity contribution is 7.08. The van der Waals surface area contributed by atoms with Crippen molar-refractivity contribution >= 4 is 28.9 Å². The van der Waals surface area contributed by atoms with Gasteiger partial charge < -0.3 is 10.1 Å². The van der Waals surface area contributed by atoms with Gasteiger partial charge in [0.15, 0.2) is 6.10 Å². The lowest BCUT2D eigenvalue weighted by Crippen LogP contribution is -2.29. The van der Waals surface area contributed by atoms with Crippen LogP contribution in [0.15, 0.2) is 35.0 Å². The summed E-state index contributed by atoms with van der Waals surface area (Å²) in [5, 5.41) is 5.89. The Morgan fingerprint density at radius 3 is 2.71 bits per heavy atom. The highest BCUT2D eigenvalue weighted by atomic mass is 32.1. The fraction of sp³-hybridized carbons (Fsp3) is 0.200. The van der Waals surface area contributed by atoms with Crippen LogP contribution in [0.2, 0.25) is 0 Å². The summed E-state index contributed by atoms with van der Waals surface area (Å²) in [7, 11) is 0. The van der Waals surface area contributed by atoms with Crippen LogP contribution in [0.1, 0.15) is 22.8 Å². The third kappa shape index (κ3) is 3.88. The number of carbonyl (C=O) groups is 2. The van der Waals surface area contributed by atoms with E-state index in [0.29, 0.717) is 16.8 Å². The van der Waals surface area contributed by atoms with Crippen molar-refractivity contribution in [2.75, 3.05) is 5.32 Å². The van der Waals surface area contributed by atoms with Gasteiger partial charge in [0.2, 0.25) is 0 Å². The van der Waals surface area contributed by atoms with Crippen molar-refractivity contribution in [3.8, 4) is 0 Å². The van der Waals surface area contributed by atoms with E-state index in [2.05, 4.69) is 5.32 Å². The van der Waals surface area contributed by atoms with Crippen LogP contribution in [0.3, 0.4) is 0 Å². The maximum atomic E-state index is 13.4. The number of aryl methyl sites for hydroxylation is 1. The molecule has 21 heavy (non-hydrogen) atoms. The van der Waals surface area contributed by atoms with Crippen LogP contribution in [-0.2, 0) is 9.53 Å². The Balaban J connectivity index is 1.96. The van der Waals surface area contributed by atoms with Crippen LogP contribution < -0.4 is 5.32 Å². The van der Waals surface area contributed by atoms with E-state index in [9.17, 15) is 14.0 Å². The average molecular weight is 307 g/mol. The first kappa shape index (κ1) is 15.2. The first-order valence-electron chi connectivity index (χ1n) is 6.27. The molecular formula is C15H14FNO3S. The summed E-state index contributed by atoms with van der Waals surface area (Å²) in [5.74, 6) is -1.48. The third-order valence-electron chi connectivity index (χ3n) is 2.85. The maximum absolute atomic E-state index is 13.4. The average Bonchev–Trinajstić information content (AvgIpc) is 2.97. The lowest BCUT2D eigenvalue weighted by atomic mass is 10.2. The fourth-order valence-corrected chi connectivity index (χ4v) is 2.20. The summed E-state index contributed by atoms with van der Waals surface area (Å²) in [6, 6.07) is 5.99. The molecule has 0 spiro atoms. The molecule has 0 radical (unpaired) electrons. The lowest BCUT2D eigenvalue weighted by molar-refractivity contribution is -0.123. The van der Waals surface area contributed by atoms with Gasteiger partial charge in [-0.3, -0.25) is 4.79 Å². The van der Waals surface area contributed by atoms with E-state index in [1.165, 1.54) is 24.3 Å². The Bertz CT molecular complexity index is 655. The standard InChI is InChI=1S/C15H14FNO3S/c1-9-3-4-12(7-13(9)16)17-14(18)10(2)20-15(19)11-5-6-21-8-11/h3-8,10H,1-2H3,(H,17,18)/t10-/m1/s1. The Kier molecular flexibility index (Phi) is 4.70. The van der Waals surface area contributed by atoms with Crippen LogP contribution in [0.25, 0.3) is 0 Å². The number of amides is 1. The Labute approximate surface area is 125 Å². The van der Waals surface area contributed by atoms with E-state index in [1.54, 1.807) is 35.9 Å². The van der Waals surface area contributed by atoms with Crippen LogP contribution in [0, 0.1) is 12.7 Å². The molecule has 2 rings (SSSR count). The van der Waals surface area contributed by atoms with Crippen molar-refractivity contribution in [2.45, 2.75) is 20.0 Å². The first-order valence-corrected chi connectivity index (χ1v) is 7.22. The molecule has 0 aliphatic carbocycles. The number of anilines is 1. The monoisotopic (exact) mass is 307 g/mol. The number of hydrogen-bond donors (Lipinski definition) is 1. The van der Waals surface area contributed by atoms with E-state index in [-0.39, 0.29) is 0 Å². The van der Waals surface area contributed by atoms with Crippen LogP contribution in [0.4, 0.5) is 10.1 Å². The Morgan fingerprint density at radius 1 is 1.33 bits per heavy atom. The molecule has 0 aliphatic heterocycles. The molecule has 6 heteroatoms. The van der Waals surface area contributed by atoms with Crippen molar-refractivity contribution in [1.29, 1.82) is 0 Å². The number of benzene rings is 1. The van der Waals surface area contributed by atoms with E-state index in [0.717, 1.165) is 0 Å². The second-order valence-electron chi connectivity index (χ2n) is 4.51. The minimum atomic E-state index is -0.971. The van der Waals surface area contributed by atoms with Gasteiger partial charge in [-0.1, -0.05) is 6.07 Å². The number of esters is 1. The van der Waals surface area contributed by atoms with Gasteiger partial charge in [0.1, 0.15) is 5.82 Å². The van der Waals surface area contributed by atoms with Gasteiger partial charge >= 0.3 is 5.97 Å². The lowest BCUT2D eigenvalue weighted by Gasteiger charge is -2.13. The molecule has 0 unspecified atom stereocenters. The highest BCUT2D eigenvalue weighted by Crippen LogP contribution is 2.15. The van der Waals surface area contributed by atoms with E-state index >= 15 is 0 Å². The second-order valence-corrected chi connectivity index (χ2v) is 5.29. The topological polar surface area (TPSA) is 55.4 Å². The molecule has 1 amide bonds.